The average Bonchev–Trinajstić information content (AvgIpc) is 2.91. The molecule has 4 heteroatoms. The van der Waals surface area contributed by atoms with Crippen molar-refractivity contribution < 1.29 is 9.53 Å². The zero-order valence-electron chi connectivity index (χ0n) is 11.3. The normalized spacial score (nSPS) is 15.5. The number of rotatable bonds is 5. The first-order chi connectivity index (χ1) is 9.16. The van der Waals surface area contributed by atoms with E-state index in [1.807, 2.05) is 25.2 Å². The molecule has 0 heterocycles. The van der Waals surface area contributed by atoms with Crippen LogP contribution < -0.4 is 4.74 Å². The van der Waals surface area contributed by atoms with Gasteiger partial charge in [0.05, 0.1) is 6.54 Å². The van der Waals surface area contributed by atoms with Crippen molar-refractivity contribution in [3.8, 4) is 5.75 Å². The monoisotopic (exact) mass is 281 g/mol. The van der Waals surface area contributed by atoms with E-state index in [4.69, 9.17) is 16.3 Å². The van der Waals surface area contributed by atoms with Crippen LogP contribution in [0.15, 0.2) is 24.3 Å². The van der Waals surface area contributed by atoms with E-state index in [0.29, 0.717) is 18.2 Å². The first-order valence-corrected chi connectivity index (χ1v) is 7.18. The molecule has 0 radical (unpaired) electrons. The Morgan fingerprint density at radius 3 is 2.84 bits per heavy atom. The molecule has 0 aliphatic heterocycles. The SMILES string of the molecule is CN(CCOc1cccc(Cl)c1)C(=O)C1CCCC1. The fraction of sp³-hybridized carbons (Fsp3) is 0.533. The van der Waals surface area contributed by atoms with E-state index >= 15 is 0 Å². The molecule has 1 aromatic rings. The summed E-state index contributed by atoms with van der Waals surface area (Å²) in [5, 5.41) is 0.660. The molecule has 1 aromatic carbocycles. The lowest BCUT2D eigenvalue weighted by Crippen LogP contribution is -2.34. The Kier molecular flexibility index (Phi) is 5.08. The molecule has 0 bridgehead atoms. The van der Waals surface area contributed by atoms with Crippen LogP contribution in [0.4, 0.5) is 0 Å². The van der Waals surface area contributed by atoms with Gasteiger partial charge in [-0.25, -0.2) is 0 Å². The largest absolute Gasteiger partial charge is 0.492 e. The van der Waals surface area contributed by atoms with E-state index in [1.165, 1.54) is 12.8 Å². The molecule has 1 aliphatic rings. The van der Waals surface area contributed by atoms with Gasteiger partial charge in [0.1, 0.15) is 12.4 Å². The van der Waals surface area contributed by atoms with Crippen LogP contribution >= 0.6 is 11.6 Å². The highest BCUT2D eigenvalue weighted by Crippen LogP contribution is 2.26. The summed E-state index contributed by atoms with van der Waals surface area (Å²) in [5.74, 6) is 1.23. The second-order valence-electron chi connectivity index (χ2n) is 5.05. The molecule has 2 rings (SSSR count). The van der Waals surface area contributed by atoms with Gasteiger partial charge in [0.25, 0.3) is 0 Å². The topological polar surface area (TPSA) is 29.5 Å². The lowest BCUT2D eigenvalue weighted by atomic mass is 10.1. The third kappa shape index (κ3) is 4.13. The molecule has 1 fully saturated rings. The minimum Gasteiger partial charge on any atom is -0.492 e. The van der Waals surface area contributed by atoms with Crippen molar-refractivity contribution in [2.45, 2.75) is 25.7 Å². The summed E-state index contributed by atoms with van der Waals surface area (Å²) in [7, 11) is 1.85. The molecule has 104 valence electrons. The number of carbonyl (C=O) groups excluding carboxylic acids is 1. The number of likely N-dealkylation sites (N-methyl/N-ethyl adjacent to an activating group) is 1. The van der Waals surface area contributed by atoms with E-state index in [2.05, 4.69) is 0 Å². The highest BCUT2D eigenvalue weighted by atomic mass is 35.5. The maximum absolute atomic E-state index is 12.1. The van der Waals surface area contributed by atoms with Crippen LogP contribution in [0.5, 0.6) is 5.75 Å². The molecular formula is C15H20ClNO2. The van der Waals surface area contributed by atoms with Crippen LogP contribution in [0.2, 0.25) is 5.02 Å². The highest BCUT2D eigenvalue weighted by Gasteiger charge is 2.25. The van der Waals surface area contributed by atoms with Gasteiger partial charge >= 0.3 is 0 Å². The summed E-state index contributed by atoms with van der Waals surface area (Å²) in [5.41, 5.74) is 0. The third-order valence-electron chi connectivity index (χ3n) is 3.57. The highest BCUT2D eigenvalue weighted by molar-refractivity contribution is 6.30. The van der Waals surface area contributed by atoms with Gasteiger partial charge in [0.2, 0.25) is 5.91 Å². The van der Waals surface area contributed by atoms with Gasteiger partial charge in [0.15, 0.2) is 0 Å². The molecule has 0 saturated heterocycles. The fourth-order valence-corrected chi connectivity index (χ4v) is 2.63. The maximum Gasteiger partial charge on any atom is 0.225 e. The van der Waals surface area contributed by atoms with Crippen molar-refractivity contribution in [1.29, 1.82) is 0 Å². The Morgan fingerprint density at radius 2 is 2.16 bits per heavy atom. The number of ether oxygens (including phenoxy) is 1. The Bertz CT molecular complexity index is 430. The van der Waals surface area contributed by atoms with Gasteiger partial charge in [-0.1, -0.05) is 30.5 Å². The van der Waals surface area contributed by atoms with Gasteiger partial charge in [-0.15, -0.1) is 0 Å². The number of hydrogen-bond acceptors (Lipinski definition) is 2. The molecule has 1 saturated carbocycles. The lowest BCUT2D eigenvalue weighted by Gasteiger charge is -2.21. The molecular weight excluding hydrogens is 262 g/mol. The third-order valence-corrected chi connectivity index (χ3v) is 3.81. The van der Waals surface area contributed by atoms with Crippen molar-refractivity contribution in [2.75, 3.05) is 20.2 Å². The Morgan fingerprint density at radius 1 is 1.42 bits per heavy atom. The van der Waals surface area contributed by atoms with Gasteiger partial charge in [0, 0.05) is 18.0 Å². The van der Waals surface area contributed by atoms with Crippen LogP contribution in [-0.4, -0.2) is 31.0 Å². The first-order valence-electron chi connectivity index (χ1n) is 6.80. The predicted molar refractivity (Wildman–Crippen MR) is 76.5 cm³/mol. The summed E-state index contributed by atoms with van der Waals surface area (Å²) in [4.78, 5) is 13.9. The Balaban J connectivity index is 1.74. The number of halogens is 1. The first kappa shape index (κ1) is 14.2. The van der Waals surface area contributed by atoms with Gasteiger partial charge in [-0.2, -0.15) is 0 Å². The van der Waals surface area contributed by atoms with Crippen LogP contribution in [0.25, 0.3) is 0 Å². The number of benzene rings is 1. The zero-order chi connectivity index (χ0) is 13.7. The summed E-state index contributed by atoms with van der Waals surface area (Å²) in [6.45, 7) is 1.11. The van der Waals surface area contributed by atoms with Crippen LogP contribution in [-0.2, 0) is 4.79 Å². The minimum absolute atomic E-state index is 0.233. The smallest absolute Gasteiger partial charge is 0.225 e. The zero-order valence-corrected chi connectivity index (χ0v) is 12.0. The van der Waals surface area contributed by atoms with Crippen LogP contribution in [0.1, 0.15) is 25.7 Å². The second-order valence-corrected chi connectivity index (χ2v) is 5.48. The average molecular weight is 282 g/mol. The summed E-state index contributed by atoms with van der Waals surface area (Å²) in [6.07, 6.45) is 4.45. The summed E-state index contributed by atoms with van der Waals surface area (Å²) >= 11 is 5.88. The van der Waals surface area contributed by atoms with Crippen molar-refractivity contribution in [1.82, 2.24) is 4.90 Å². The second kappa shape index (κ2) is 6.80. The number of amides is 1. The molecule has 1 amide bonds. The Hall–Kier alpha value is -1.22. The molecule has 1 aliphatic carbocycles. The lowest BCUT2D eigenvalue weighted by molar-refractivity contribution is -0.134. The fourth-order valence-electron chi connectivity index (χ4n) is 2.45. The van der Waals surface area contributed by atoms with Gasteiger partial charge < -0.3 is 9.64 Å². The molecule has 0 spiro atoms. The number of hydrogen-bond donors (Lipinski definition) is 0. The molecule has 0 aromatic heterocycles. The predicted octanol–water partition coefficient (Wildman–Crippen LogP) is 3.37. The van der Waals surface area contributed by atoms with Crippen molar-refractivity contribution in [3.05, 3.63) is 29.3 Å². The van der Waals surface area contributed by atoms with Gasteiger partial charge in [-0.05, 0) is 31.0 Å². The standard InChI is InChI=1S/C15H20ClNO2/c1-17(15(18)12-5-2-3-6-12)9-10-19-14-8-4-7-13(16)11-14/h4,7-8,11-12H,2-3,5-6,9-10H2,1H3. The van der Waals surface area contributed by atoms with Crippen molar-refractivity contribution in [2.24, 2.45) is 5.92 Å². The van der Waals surface area contributed by atoms with Crippen molar-refractivity contribution in [3.63, 3.8) is 0 Å². The molecule has 3 nitrogen and oxygen atoms in total. The van der Waals surface area contributed by atoms with Crippen LogP contribution in [0, 0.1) is 5.92 Å². The van der Waals surface area contributed by atoms with E-state index in [0.717, 1.165) is 18.6 Å². The number of carbonyl (C=O) groups is 1. The number of nitrogens with zero attached hydrogens (tertiary/aromatic N) is 1. The van der Waals surface area contributed by atoms with E-state index in [1.54, 1.807) is 11.0 Å². The van der Waals surface area contributed by atoms with Crippen molar-refractivity contribution >= 4 is 17.5 Å². The molecule has 0 N–H and O–H groups in total. The molecule has 0 unspecified atom stereocenters. The Labute approximate surface area is 119 Å². The molecule has 19 heavy (non-hydrogen) atoms. The minimum atomic E-state index is 0.233. The summed E-state index contributed by atoms with van der Waals surface area (Å²) < 4.78 is 5.59. The maximum atomic E-state index is 12.1. The van der Waals surface area contributed by atoms with E-state index in [9.17, 15) is 4.79 Å². The van der Waals surface area contributed by atoms with Crippen LogP contribution in [0.3, 0.4) is 0 Å². The summed E-state index contributed by atoms with van der Waals surface area (Å²) in [6, 6.07) is 7.31. The van der Waals surface area contributed by atoms with E-state index < -0.39 is 0 Å². The van der Waals surface area contributed by atoms with E-state index in [-0.39, 0.29) is 11.8 Å². The quantitative estimate of drug-likeness (QED) is 0.828. The molecule has 0 atom stereocenters. The van der Waals surface area contributed by atoms with Gasteiger partial charge in [-0.3, -0.25) is 4.79 Å².